The largest absolute Gasteiger partial charge is 0.416 e. The molecule has 2 aliphatic heterocycles. The van der Waals surface area contributed by atoms with Gasteiger partial charge < -0.3 is 15.3 Å². The van der Waals surface area contributed by atoms with Crippen LogP contribution in [0.2, 0.25) is 0 Å². The first-order valence-corrected chi connectivity index (χ1v) is 16.6. The summed E-state index contributed by atoms with van der Waals surface area (Å²) < 4.78 is 69.6. The van der Waals surface area contributed by atoms with E-state index in [9.17, 15) is 31.5 Å². The molecule has 1 amide bonds. The average Bonchev–Trinajstić information content (AvgIpc) is 3.28. The molecule has 13 heteroatoms. The molecule has 0 spiro atoms. The number of aromatic nitrogens is 2. The van der Waals surface area contributed by atoms with E-state index in [0.717, 1.165) is 43.9 Å². The van der Waals surface area contributed by atoms with E-state index >= 15 is 0 Å². The number of likely N-dealkylation sites (tertiary alicyclic amines) is 1. The molecule has 2 aromatic rings. The number of amides is 1. The van der Waals surface area contributed by atoms with Crippen molar-refractivity contribution in [3.05, 3.63) is 64.4 Å². The van der Waals surface area contributed by atoms with Gasteiger partial charge in [-0.1, -0.05) is 23.8 Å². The Kier molecular flexibility index (Phi) is 10.4. The zero-order chi connectivity index (χ0) is 32.4. The van der Waals surface area contributed by atoms with Crippen molar-refractivity contribution in [1.29, 1.82) is 0 Å². The van der Waals surface area contributed by atoms with Crippen LogP contribution < -0.4 is 5.32 Å². The van der Waals surface area contributed by atoms with Crippen molar-refractivity contribution in [2.45, 2.75) is 71.9 Å². The highest BCUT2D eigenvalue weighted by Crippen LogP contribution is 2.37. The van der Waals surface area contributed by atoms with Crippen LogP contribution in [-0.2, 0) is 47.0 Å². The molecule has 44 heavy (non-hydrogen) atoms. The zero-order valence-corrected chi connectivity index (χ0v) is 26.6. The van der Waals surface area contributed by atoms with Crippen LogP contribution in [0.25, 0.3) is 11.3 Å². The van der Waals surface area contributed by atoms with Gasteiger partial charge in [-0.2, -0.15) is 22.6 Å². The van der Waals surface area contributed by atoms with Crippen LogP contribution in [-0.4, -0.2) is 77.0 Å². The normalized spacial score (nSPS) is 17.6. The third-order valence-electron chi connectivity index (χ3n) is 8.26. The SMILES string of the molecule is C=C(C)C1CCN(CC(O)Cn2nc(-c3ccc(C(F)(F)F)c(CNC(=O)C=C(C)C)c3)c3c2CCN(S(C)(=O)=O)C3)CC1. The van der Waals surface area contributed by atoms with Crippen molar-refractivity contribution >= 4 is 15.9 Å². The lowest BCUT2D eigenvalue weighted by Gasteiger charge is -2.33. The molecule has 1 atom stereocenters. The summed E-state index contributed by atoms with van der Waals surface area (Å²) in [4.78, 5) is 14.4. The second-order valence-corrected chi connectivity index (χ2v) is 14.2. The van der Waals surface area contributed by atoms with Gasteiger partial charge in [-0.05, 0) is 70.3 Å². The number of halogens is 3. The zero-order valence-electron chi connectivity index (χ0n) is 25.7. The standard InChI is InChI=1S/C31H42F3N5O4S/c1-20(2)14-29(41)35-16-24-15-23(6-7-27(24)31(32,33)34)30-26-19-38(44(5,42)43)13-10-28(26)39(36-30)18-25(40)17-37-11-8-22(9-12-37)21(3)4/h6-7,14-15,22,25,40H,3,8-13,16-19H2,1-2,4-5H3,(H,35,41). The van der Waals surface area contributed by atoms with E-state index in [1.165, 1.54) is 28.1 Å². The van der Waals surface area contributed by atoms with E-state index in [1.807, 2.05) is 6.92 Å². The molecular weight excluding hydrogens is 595 g/mol. The number of piperidine rings is 1. The second-order valence-electron chi connectivity index (χ2n) is 12.2. The Morgan fingerprint density at radius 2 is 1.86 bits per heavy atom. The second kappa shape index (κ2) is 13.6. The van der Waals surface area contributed by atoms with Gasteiger partial charge in [0.05, 0.1) is 30.2 Å². The first kappa shape index (κ1) is 33.9. The summed E-state index contributed by atoms with van der Waals surface area (Å²) in [6, 6.07) is 3.63. The quantitative estimate of drug-likeness (QED) is 0.300. The van der Waals surface area contributed by atoms with Crippen molar-refractivity contribution in [2.24, 2.45) is 5.92 Å². The molecule has 1 fully saturated rings. The predicted molar refractivity (Wildman–Crippen MR) is 163 cm³/mol. The topological polar surface area (TPSA) is 108 Å². The van der Waals surface area contributed by atoms with E-state index in [2.05, 4.69) is 16.8 Å². The minimum Gasteiger partial charge on any atom is -0.390 e. The number of aliphatic hydroxyl groups excluding tert-OH is 1. The molecule has 9 nitrogen and oxygen atoms in total. The number of nitrogens with one attached hydrogen (secondary N) is 1. The van der Waals surface area contributed by atoms with Gasteiger partial charge in [0, 0.05) is 55.5 Å². The number of benzene rings is 1. The summed E-state index contributed by atoms with van der Waals surface area (Å²) in [5.74, 6) is -0.0251. The van der Waals surface area contributed by atoms with E-state index in [1.54, 1.807) is 18.5 Å². The number of alkyl halides is 3. The summed E-state index contributed by atoms with van der Waals surface area (Å²) in [5, 5.41) is 18.3. The van der Waals surface area contributed by atoms with Gasteiger partial charge >= 0.3 is 6.18 Å². The number of aliphatic hydroxyl groups is 1. The fraction of sp³-hybridized carbons (Fsp3) is 0.548. The lowest BCUT2D eigenvalue weighted by atomic mass is 9.91. The molecule has 2 N–H and O–H groups in total. The molecule has 1 unspecified atom stereocenters. The van der Waals surface area contributed by atoms with Crippen molar-refractivity contribution in [2.75, 3.05) is 32.4 Å². The van der Waals surface area contributed by atoms with Crippen LogP contribution in [0.5, 0.6) is 0 Å². The Bertz CT molecular complexity index is 1520. The van der Waals surface area contributed by atoms with E-state index in [4.69, 9.17) is 5.10 Å². The Labute approximate surface area is 257 Å². The van der Waals surface area contributed by atoms with Gasteiger partial charge in [0.25, 0.3) is 0 Å². The van der Waals surface area contributed by atoms with Crippen LogP contribution in [0.15, 0.2) is 42.0 Å². The average molecular weight is 638 g/mol. The third-order valence-corrected chi connectivity index (χ3v) is 9.51. The van der Waals surface area contributed by atoms with Crippen LogP contribution in [0.3, 0.4) is 0 Å². The summed E-state index contributed by atoms with van der Waals surface area (Å²) in [6.45, 7) is 11.7. The number of hydrogen-bond acceptors (Lipinski definition) is 6. The summed E-state index contributed by atoms with van der Waals surface area (Å²) in [7, 11) is -3.54. The molecule has 3 heterocycles. The van der Waals surface area contributed by atoms with Gasteiger partial charge in [0.1, 0.15) is 0 Å². The molecule has 0 bridgehead atoms. The number of allylic oxidation sites excluding steroid dienone is 2. The van der Waals surface area contributed by atoms with E-state index in [-0.39, 0.29) is 31.7 Å². The first-order chi connectivity index (χ1) is 20.5. The molecule has 4 rings (SSSR count). The number of β-amino-alcohol motifs (C(OH)–C–C–N with tert-alkyl or cyclic N) is 1. The lowest BCUT2D eigenvalue weighted by molar-refractivity contribution is -0.138. The van der Waals surface area contributed by atoms with Crippen molar-refractivity contribution in [3.63, 3.8) is 0 Å². The summed E-state index contributed by atoms with van der Waals surface area (Å²) in [6.07, 6.45) is -0.667. The minimum atomic E-state index is -4.65. The molecule has 1 aromatic carbocycles. The van der Waals surface area contributed by atoms with Crippen LogP contribution in [0, 0.1) is 5.92 Å². The van der Waals surface area contributed by atoms with Crippen molar-refractivity contribution < 1.29 is 31.5 Å². The third kappa shape index (κ3) is 8.38. The van der Waals surface area contributed by atoms with Crippen molar-refractivity contribution in [1.82, 2.24) is 24.3 Å². The molecule has 242 valence electrons. The fourth-order valence-electron chi connectivity index (χ4n) is 5.96. The van der Waals surface area contributed by atoms with Gasteiger partial charge in [-0.3, -0.25) is 9.48 Å². The number of fused-ring (bicyclic) bond motifs is 1. The van der Waals surface area contributed by atoms with Crippen molar-refractivity contribution in [3.8, 4) is 11.3 Å². The Hall–Kier alpha value is -3.00. The number of carbonyl (C=O) groups is 1. The van der Waals surface area contributed by atoms with Gasteiger partial charge in [0.2, 0.25) is 15.9 Å². The van der Waals surface area contributed by atoms with Gasteiger partial charge in [-0.25, -0.2) is 8.42 Å². The number of nitrogens with zero attached hydrogens (tertiary/aromatic N) is 4. The number of carbonyl (C=O) groups excluding carboxylic acids is 1. The predicted octanol–water partition coefficient (Wildman–Crippen LogP) is 4.12. The molecule has 0 aliphatic carbocycles. The monoisotopic (exact) mass is 637 g/mol. The van der Waals surface area contributed by atoms with Crippen LogP contribution >= 0.6 is 0 Å². The molecule has 0 radical (unpaired) electrons. The number of rotatable bonds is 10. The van der Waals surface area contributed by atoms with E-state index in [0.29, 0.717) is 41.3 Å². The maximum Gasteiger partial charge on any atom is 0.416 e. The number of sulfonamides is 1. The highest BCUT2D eigenvalue weighted by Gasteiger charge is 2.35. The highest BCUT2D eigenvalue weighted by molar-refractivity contribution is 7.88. The fourth-order valence-corrected chi connectivity index (χ4v) is 6.74. The Balaban J connectivity index is 1.65. The Morgan fingerprint density at radius 3 is 2.45 bits per heavy atom. The van der Waals surface area contributed by atoms with Gasteiger partial charge in [-0.15, -0.1) is 0 Å². The molecule has 1 saturated heterocycles. The Morgan fingerprint density at radius 1 is 1.18 bits per heavy atom. The maximum atomic E-state index is 13.9. The summed E-state index contributed by atoms with van der Waals surface area (Å²) >= 11 is 0. The molecule has 1 aromatic heterocycles. The molecule has 0 saturated carbocycles. The maximum absolute atomic E-state index is 13.9. The van der Waals surface area contributed by atoms with Crippen LogP contribution in [0.1, 0.15) is 56.0 Å². The molecular formula is C31H42F3N5O4S. The minimum absolute atomic E-state index is 0.0156. The van der Waals surface area contributed by atoms with Gasteiger partial charge in [0.15, 0.2) is 0 Å². The highest BCUT2D eigenvalue weighted by atomic mass is 32.2. The summed E-state index contributed by atoms with van der Waals surface area (Å²) in [5.41, 5.74) is 2.93. The number of hydrogen-bond donors (Lipinski definition) is 2. The van der Waals surface area contributed by atoms with E-state index < -0.39 is 33.8 Å². The first-order valence-electron chi connectivity index (χ1n) is 14.8. The smallest absolute Gasteiger partial charge is 0.390 e. The van der Waals surface area contributed by atoms with Crippen LogP contribution in [0.4, 0.5) is 13.2 Å². The lowest BCUT2D eigenvalue weighted by Crippen LogP contribution is -2.41. The molecule has 2 aliphatic rings.